The summed E-state index contributed by atoms with van der Waals surface area (Å²) in [5, 5.41) is 12.9. The number of rotatable bonds is 2. The summed E-state index contributed by atoms with van der Waals surface area (Å²) in [6.07, 6.45) is 0. The second kappa shape index (κ2) is 5.18. The minimum Gasteiger partial charge on any atom is -0.314 e. The van der Waals surface area contributed by atoms with Crippen LogP contribution in [0.25, 0.3) is 0 Å². The number of benzene rings is 1. The van der Waals surface area contributed by atoms with Gasteiger partial charge in [0.2, 0.25) is 0 Å². The molecule has 0 amide bonds. The lowest BCUT2D eigenvalue weighted by Gasteiger charge is -2.39. The van der Waals surface area contributed by atoms with Gasteiger partial charge in [-0.25, -0.2) is 0 Å². The van der Waals surface area contributed by atoms with E-state index in [0.717, 1.165) is 36.2 Å². The van der Waals surface area contributed by atoms with E-state index in [1.54, 1.807) is 0 Å². The second-order valence-corrected chi connectivity index (χ2v) is 5.26. The highest BCUT2D eigenvalue weighted by Gasteiger charge is 2.35. The van der Waals surface area contributed by atoms with E-state index >= 15 is 0 Å². The molecule has 0 bridgehead atoms. The Kier molecular flexibility index (Phi) is 3.82. The Balaban J connectivity index is 2.37. The zero-order valence-corrected chi connectivity index (χ0v) is 11.5. The van der Waals surface area contributed by atoms with Gasteiger partial charge in [-0.1, -0.05) is 34.1 Å². The summed E-state index contributed by atoms with van der Waals surface area (Å²) in [6, 6.07) is 10.4. The normalized spacial score (nSPS) is 20.5. The van der Waals surface area contributed by atoms with E-state index in [1.807, 2.05) is 31.2 Å². The first-order valence-corrected chi connectivity index (χ1v) is 6.60. The largest absolute Gasteiger partial charge is 0.314 e. The molecule has 2 rings (SSSR count). The fourth-order valence-corrected chi connectivity index (χ4v) is 2.94. The number of hydrogen-bond donors (Lipinski definition) is 1. The van der Waals surface area contributed by atoms with Gasteiger partial charge < -0.3 is 5.32 Å². The highest BCUT2D eigenvalue weighted by atomic mass is 79.9. The highest BCUT2D eigenvalue weighted by Crippen LogP contribution is 2.33. The van der Waals surface area contributed by atoms with Crippen molar-refractivity contribution in [2.75, 3.05) is 26.2 Å². The van der Waals surface area contributed by atoms with Gasteiger partial charge in [0.05, 0.1) is 6.07 Å². The Morgan fingerprint density at radius 3 is 2.59 bits per heavy atom. The number of nitrogens with zero attached hydrogens (tertiary/aromatic N) is 2. The third kappa shape index (κ3) is 2.37. The average molecular weight is 294 g/mol. The van der Waals surface area contributed by atoms with E-state index < -0.39 is 5.54 Å². The molecule has 0 aromatic heterocycles. The molecule has 0 radical (unpaired) electrons. The highest BCUT2D eigenvalue weighted by molar-refractivity contribution is 9.10. The fraction of sp³-hybridized carbons (Fsp3) is 0.462. The van der Waals surface area contributed by atoms with Crippen LogP contribution in [0.1, 0.15) is 12.5 Å². The van der Waals surface area contributed by atoms with Crippen LogP contribution < -0.4 is 5.32 Å². The summed E-state index contributed by atoms with van der Waals surface area (Å²) in [5.41, 5.74) is 0.492. The van der Waals surface area contributed by atoms with Crippen molar-refractivity contribution in [1.82, 2.24) is 10.2 Å². The van der Waals surface area contributed by atoms with Crippen LogP contribution in [0.4, 0.5) is 0 Å². The summed E-state index contributed by atoms with van der Waals surface area (Å²) in [4.78, 5) is 2.24. The summed E-state index contributed by atoms with van der Waals surface area (Å²) in [5.74, 6) is 0. The molecule has 1 heterocycles. The third-order valence-corrected chi connectivity index (χ3v) is 4.06. The number of hydrogen-bond acceptors (Lipinski definition) is 3. The van der Waals surface area contributed by atoms with Crippen molar-refractivity contribution < 1.29 is 0 Å². The predicted octanol–water partition coefficient (Wildman–Crippen LogP) is 2.09. The maximum Gasteiger partial charge on any atom is 0.133 e. The Morgan fingerprint density at radius 2 is 2.00 bits per heavy atom. The predicted molar refractivity (Wildman–Crippen MR) is 71.5 cm³/mol. The minimum absolute atomic E-state index is 0.553. The van der Waals surface area contributed by atoms with Gasteiger partial charge >= 0.3 is 0 Å². The Morgan fingerprint density at radius 1 is 1.35 bits per heavy atom. The molecule has 0 spiro atoms. The molecule has 0 saturated carbocycles. The summed E-state index contributed by atoms with van der Waals surface area (Å²) in [6.45, 7) is 5.71. The fourth-order valence-electron chi connectivity index (χ4n) is 2.27. The van der Waals surface area contributed by atoms with Crippen molar-refractivity contribution in [1.29, 1.82) is 5.26 Å². The summed E-state index contributed by atoms with van der Waals surface area (Å²) < 4.78 is 1.00. The SMILES string of the molecule is CC(C#N)(c1ccccc1Br)N1CCNCC1. The summed E-state index contributed by atoms with van der Waals surface area (Å²) in [7, 11) is 0. The molecule has 1 aliphatic heterocycles. The smallest absolute Gasteiger partial charge is 0.133 e. The first kappa shape index (κ1) is 12.6. The van der Waals surface area contributed by atoms with Crippen LogP contribution in [-0.2, 0) is 5.54 Å². The van der Waals surface area contributed by atoms with E-state index in [-0.39, 0.29) is 0 Å². The minimum atomic E-state index is -0.553. The van der Waals surface area contributed by atoms with Crippen molar-refractivity contribution >= 4 is 15.9 Å². The van der Waals surface area contributed by atoms with Crippen LogP contribution in [0.2, 0.25) is 0 Å². The number of nitriles is 1. The third-order valence-electron chi connectivity index (χ3n) is 3.37. The standard InChI is InChI=1S/C13H16BrN3/c1-13(10-15,17-8-6-16-7-9-17)11-4-2-3-5-12(11)14/h2-5,16H,6-9H2,1H3. The van der Waals surface area contributed by atoms with E-state index in [9.17, 15) is 5.26 Å². The van der Waals surface area contributed by atoms with Crippen LogP contribution in [0, 0.1) is 11.3 Å². The van der Waals surface area contributed by atoms with Crippen LogP contribution in [-0.4, -0.2) is 31.1 Å². The molecule has 1 aromatic carbocycles. The Hall–Kier alpha value is -0.890. The van der Waals surface area contributed by atoms with Crippen LogP contribution in [0.3, 0.4) is 0 Å². The molecule has 1 unspecified atom stereocenters. The van der Waals surface area contributed by atoms with Crippen LogP contribution in [0.5, 0.6) is 0 Å². The van der Waals surface area contributed by atoms with Crippen molar-refractivity contribution in [3.63, 3.8) is 0 Å². The zero-order valence-electron chi connectivity index (χ0n) is 9.91. The second-order valence-electron chi connectivity index (χ2n) is 4.40. The Labute approximate surface area is 111 Å². The molecule has 4 heteroatoms. The van der Waals surface area contributed by atoms with E-state index in [2.05, 4.69) is 32.2 Å². The van der Waals surface area contributed by atoms with Crippen molar-refractivity contribution in [2.24, 2.45) is 0 Å². The molecule has 1 saturated heterocycles. The monoisotopic (exact) mass is 293 g/mol. The lowest BCUT2D eigenvalue weighted by Crippen LogP contribution is -2.52. The van der Waals surface area contributed by atoms with Crippen molar-refractivity contribution in [3.8, 4) is 6.07 Å². The lowest BCUT2D eigenvalue weighted by atomic mass is 9.91. The van der Waals surface area contributed by atoms with Crippen molar-refractivity contribution in [2.45, 2.75) is 12.5 Å². The van der Waals surface area contributed by atoms with Gasteiger partial charge in [0.15, 0.2) is 0 Å². The number of halogens is 1. The number of nitrogens with one attached hydrogen (secondary N) is 1. The van der Waals surface area contributed by atoms with Gasteiger partial charge in [0.1, 0.15) is 5.54 Å². The van der Waals surface area contributed by atoms with Crippen LogP contribution in [0.15, 0.2) is 28.7 Å². The molecule has 1 fully saturated rings. The zero-order chi connectivity index (χ0) is 12.3. The maximum absolute atomic E-state index is 9.58. The first-order chi connectivity index (χ1) is 8.18. The Bertz CT molecular complexity index is 435. The molecule has 0 aliphatic carbocycles. The van der Waals surface area contributed by atoms with Gasteiger partial charge in [0, 0.05) is 36.2 Å². The first-order valence-electron chi connectivity index (χ1n) is 5.80. The number of piperazine rings is 1. The van der Waals surface area contributed by atoms with E-state index in [1.165, 1.54) is 0 Å². The van der Waals surface area contributed by atoms with E-state index in [4.69, 9.17) is 0 Å². The van der Waals surface area contributed by atoms with Gasteiger partial charge in [-0.2, -0.15) is 5.26 Å². The van der Waals surface area contributed by atoms with E-state index in [0.29, 0.717) is 0 Å². The molecule has 1 aromatic rings. The summed E-state index contributed by atoms with van der Waals surface area (Å²) >= 11 is 3.55. The molecule has 17 heavy (non-hydrogen) atoms. The molecular weight excluding hydrogens is 278 g/mol. The van der Waals surface area contributed by atoms with Gasteiger partial charge in [-0.15, -0.1) is 0 Å². The molecule has 1 atom stereocenters. The molecule has 1 aliphatic rings. The van der Waals surface area contributed by atoms with Gasteiger partial charge in [-0.3, -0.25) is 4.90 Å². The van der Waals surface area contributed by atoms with Crippen LogP contribution >= 0.6 is 15.9 Å². The lowest BCUT2D eigenvalue weighted by molar-refractivity contribution is 0.132. The molecule has 3 nitrogen and oxygen atoms in total. The van der Waals surface area contributed by atoms with Gasteiger partial charge in [0.25, 0.3) is 0 Å². The average Bonchev–Trinajstić information content (AvgIpc) is 2.39. The molecule has 90 valence electrons. The quantitative estimate of drug-likeness (QED) is 0.908. The van der Waals surface area contributed by atoms with Crippen molar-refractivity contribution in [3.05, 3.63) is 34.3 Å². The van der Waals surface area contributed by atoms with Gasteiger partial charge in [-0.05, 0) is 13.0 Å². The maximum atomic E-state index is 9.58. The molecular formula is C13H16BrN3. The molecule has 1 N–H and O–H groups in total. The topological polar surface area (TPSA) is 39.1 Å².